The zero-order chi connectivity index (χ0) is 25.3. The van der Waals surface area contributed by atoms with Gasteiger partial charge in [-0.25, -0.2) is 0 Å². The zero-order valence-electron chi connectivity index (χ0n) is 20.0. The Morgan fingerprint density at radius 1 is 1.31 bits per heavy atom. The Labute approximate surface area is 220 Å². The van der Waals surface area contributed by atoms with Crippen LogP contribution in [0.5, 0.6) is 0 Å². The minimum absolute atomic E-state index is 0.110. The lowest BCUT2D eigenvalue weighted by molar-refractivity contribution is -0.122. The maximum Gasteiger partial charge on any atom is 0.270 e. The van der Waals surface area contributed by atoms with Crippen molar-refractivity contribution in [3.05, 3.63) is 66.8 Å². The van der Waals surface area contributed by atoms with Crippen LogP contribution < -0.4 is 10.5 Å². The first kappa shape index (κ1) is 25.5. The molecule has 2 aliphatic heterocycles. The van der Waals surface area contributed by atoms with Crippen molar-refractivity contribution in [3.8, 4) is 6.07 Å². The maximum atomic E-state index is 13.4. The van der Waals surface area contributed by atoms with E-state index in [0.717, 1.165) is 42.9 Å². The second kappa shape index (κ2) is 10.6. The number of amides is 1. The van der Waals surface area contributed by atoms with Gasteiger partial charge in [0.05, 0.1) is 11.4 Å². The summed E-state index contributed by atoms with van der Waals surface area (Å²) in [5.41, 5.74) is 1.96. The van der Waals surface area contributed by atoms with E-state index in [9.17, 15) is 14.9 Å². The molecule has 35 heavy (non-hydrogen) atoms. The first-order chi connectivity index (χ1) is 16.8. The predicted octanol–water partition coefficient (Wildman–Crippen LogP) is 5.34. The summed E-state index contributed by atoms with van der Waals surface area (Å²) in [7, 11) is 0. The first-order valence-corrected chi connectivity index (χ1v) is 13.3. The molecule has 0 saturated carbocycles. The van der Waals surface area contributed by atoms with Gasteiger partial charge in [0.2, 0.25) is 0 Å². The molecular weight excluding hydrogens is 500 g/mol. The topological polar surface area (TPSA) is 69.3 Å². The summed E-state index contributed by atoms with van der Waals surface area (Å²) >= 11 is 13.1. The summed E-state index contributed by atoms with van der Waals surface area (Å²) in [5, 5.41) is 10.3. The van der Waals surface area contributed by atoms with Gasteiger partial charge in [-0.15, -0.1) is 0 Å². The number of benzene rings is 1. The van der Waals surface area contributed by atoms with E-state index in [2.05, 4.69) is 17.9 Å². The number of hydrogen-bond donors (Lipinski definition) is 0. The minimum Gasteiger partial charge on any atom is -0.357 e. The minimum atomic E-state index is -0.288. The Kier molecular flexibility index (Phi) is 7.70. The van der Waals surface area contributed by atoms with Gasteiger partial charge in [-0.3, -0.25) is 19.1 Å². The van der Waals surface area contributed by atoms with E-state index in [1.54, 1.807) is 22.5 Å². The molecule has 2 aliphatic rings. The summed E-state index contributed by atoms with van der Waals surface area (Å²) in [6.45, 7) is 8.26. The molecule has 0 spiro atoms. The molecular formula is C26H27ClN4O2S2. The third-order valence-electron chi connectivity index (χ3n) is 6.55. The molecule has 0 radical (unpaired) electrons. The fourth-order valence-electron chi connectivity index (χ4n) is 4.72. The van der Waals surface area contributed by atoms with E-state index in [-0.39, 0.29) is 23.6 Å². The summed E-state index contributed by atoms with van der Waals surface area (Å²) in [6, 6.07) is 9.47. The summed E-state index contributed by atoms with van der Waals surface area (Å²) in [6.07, 6.45) is 3.97. The number of nitrogens with zero attached hydrogens (tertiary/aromatic N) is 4. The number of carbonyl (C=O) groups is 1. The standard InChI is InChI=1S/C26H27ClN4O2S2/c1-4-30-23(29-11-7-8-16(2)14-29)19(17(3)20(13-28)24(30)32)12-22-25(33)31(26(34)35-22)15-18-9-5-6-10-21(18)27/h5-6,9-10,12,16H,4,7-8,11,14-15H2,1-3H3. The van der Waals surface area contributed by atoms with Crippen molar-refractivity contribution in [2.45, 2.75) is 46.7 Å². The van der Waals surface area contributed by atoms with Crippen molar-refractivity contribution in [1.82, 2.24) is 9.47 Å². The number of anilines is 1. The molecule has 2 fully saturated rings. The highest BCUT2D eigenvalue weighted by atomic mass is 35.5. The molecule has 9 heteroatoms. The van der Waals surface area contributed by atoms with Gasteiger partial charge in [0.25, 0.3) is 11.5 Å². The number of piperidine rings is 1. The van der Waals surface area contributed by atoms with Gasteiger partial charge in [-0.1, -0.05) is 60.7 Å². The summed E-state index contributed by atoms with van der Waals surface area (Å²) < 4.78 is 2.12. The Balaban J connectivity index is 1.82. The molecule has 0 aliphatic carbocycles. The number of halogens is 1. The molecule has 3 heterocycles. The van der Waals surface area contributed by atoms with E-state index in [1.165, 1.54) is 11.8 Å². The van der Waals surface area contributed by atoms with Crippen LogP contribution in [0.2, 0.25) is 5.02 Å². The van der Waals surface area contributed by atoms with Gasteiger partial charge < -0.3 is 4.90 Å². The van der Waals surface area contributed by atoms with Crippen LogP contribution in [0.4, 0.5) is 5.82 Å². The Hall–Kier alpha value is -2.60. The van der Waals surface area contributed by atoms with Crippen molar-refractivity contribution < 1.29 is 4.79 Å². The van der Waals surface area contributed by atoms with Crippen molar-refractivity contribution in [2.75, 3.05) is 18.0 Å². The van der Waals surface area contributed by atoms with Crippen LogP contribution in [-0.2, 0) is 17.9 Å². The molecule has 6 nitrogen and oxygen atoms in total. The van der Waals surface area contributed by atoms with Crippen molar-refractivity contribution in [3.63, 3.8) is 0 Å². The van der Waals surface area contributed by atoms with E-state index >= 15 is 0 Å². The fraction of sp³-hybridized carbons (Fsp3) is 0.385. The van der Waals surface area contributed by atoms with Gasteiger partial charge in [0.15, 0.2) is 0 Å². The second-order valence-electron chi connectivity index (χ2n) is 8.95. The van der Waals surface area contributed by atoms with E-state index in [4.69, 9.17) is 23.8 Å². The quantitative estimate of drug-likeness (QED) is 0.387. The SMILES string of the molecule is CCn1c(N2CCCC(C)C2)c(C=C2SC(=S)N(Cc3ccccc3Cl)C2=O)c(C)c(C#N)c1=O. The van der Waals surface area contributed by atoms with Gasteiger partial charge in [-0.05, 0) is 55.9 Å². The largest absolute Gasteiger partial charge is 0.357 e. The molecule has 2 saturated heterocycles. The lowest BCUT2D eigenvalue weighted by Gasteiger charge is -2.35. The van der Waals surface area contributed by atoms with Gasteiger partial charge >= 0.3 is 0 Å². The third-order valence-corrected chi connectivity index (χ3v) is 8.30. The van der Waals surface area contributed by atoms with Crippen LogP contribution >= 0.6 is 35.6 Å². The van der Waals surface area contributed by atoms with Crippen LogP contribution in [-0.4, -0.2) is 32.8 Å². The Bertz CT molecular complexity index is 1330. The number of rotatable bonds is 5. The number of nitriles is 1. The van der Waals surface area contributed by atoms with Crippen LogP contribution in [0, 0.1) is 24.2 Å². The molecule has 1 atom stereocenters. The lowest BCUT2D eigenvalue weighted by atomic mass is 9.98. The van der Waals surface area contributed by atoms with E-state index < -0.39 is 0 Å². The average molecular weight is 527 g/mol. The lowest BCUT2D eigenvalue weighted by Crippen LogP contribution is -2.40. The first-order valence-electron chi connectivity index (χ1n) is 11.7. The monoisotopic (exact) mass is 526 g/mol. The van der Waals surface area contributed by atoms with Crippen LogP contribution in [0.3, 0.4) is 0 Å². The van der Waals surface area contributed by atoms with Crippen LogP contribution in [0.25, 0.3) is 6.08 Å². The highest BCUT2D eigenvalue weighted by Crippen LogP contribution is 2.37. The third kappa shape index (κ3) is 4.90. The molecule has 4 rings (SSSR count). The normalized spacial score (nSPS) is 19.5. The maximum absolute atomic E-state index is 13.4. The molecule has 1 amide bonds. The van der Waals surface area contributed by atoms with Gasteiger partial charge in [0.1, 0.15) is 21.8 Å². The fourth-order valence-corrected chi connectivity index (χ4v) is 6.16. The number of hydrogen-bond acceptors (Lipinski definition) is 6. The molecule has 182 valence electrons. The van der Waals surface area contributed by atoms with Gasteiger partial charge in [0, 0.05) is 30.2 Å². The molecule has 0 bridgehead atoms. The Morgan fingerprint density at radius 2 is 2.06 bits per heavy atom. The smallest absolute Gasteiger partial charge is 0.270 e. The molecule has 1 aromatic carbocycles. The van der Waals surface area contributed by atoms with Crippen molar-refractivity contribution in [1.29, 1.82) is 5.26 Å². The Morgan fingerprint density at radius 3 is 2.71 bits per heavy atom. The number of thioether (sulfide) groups is 1. The zero-order valence-corrected chi connectivity index (χ0v) is 22.4. The second-order valence-corrected chi connectivity index (χ2v) is 11.0. The van der Waals surface area contributed by atoms with E-state index in [0.29, 0.717) is 32.3 Å². The molecule has 2 aromatic rings. The van der Waals surface area contributed by atoms with Crippen LogP contribution in [0.15, 0.2) is 34.0 Å². The highest BCUT2D eigenvalue weighted by molar-refractivity contribution is 8.26. The molecule has 1 aromatic heterocycles. The number of carbonyl (C=O) groups excluding carboxylic acids is 1. The number of pyridine rings is 1. The summed E-state index contributed by atoms with van der Waals surface area (Å²) in [4.78, 5) is 30.8. The molecule has 0 N–H and O–H groups in total. The van der Waals surface area contributed by atoms with Crippen molar-refractivity contribution in [2.24, 2.45) is 5.92 Å². The number of aromatic nitrogens is 1. The predicted molar refractivity (Wildman–Crippen MR) is 147 cm³/mol. The highest BCUT2D eigenvalue weighted by Gasteiger charge is 2.34. The number of thiocarbonyl (C=S) groups is 1. The summed E-state index contributed by atoms with van der Waals surface area (Å²) in [5.74, 6) is 1.06. The average Bonchev–Trinajstić information content (AvgIpc) is 3.09. The van der Waals surface area contributed by atoms with Gasteiger partial charge in [-0.2, -0.15) is 5.26 Å². The van der Waals surface area contributed by atoms with Crippen molar-refractivity contribution >= 4 is 57.7 Å². The molecule has 1 unspecified atom stereocenters. The van der Waals surface area contributed by atoms with E-state index in [1.807, 2.05) is 31.2 Å². The van der Waals surface area contributed by atoms with Crippen LogP contribution in [0.1, 0.15) is 48.9 Å².